The Balaban J connectivity index is 2.27. The van der Waals surface area contributed by atoms with Crippen LogP contribution >= 0.6 is 15.9 Å². The molecule has 1 aromatic carbocycles. The molecule has 0 bridgehead atoms. The highest BCUT2D eigenvalue weighted by Gasteiger charge is 2.30. The van der Waals surface area contributed by atoms with E-state index in [0.717, 1.165) is 35.2 Å². The van der Waals surface area contributed by atoms with Gasteiger partial charge in [0.2, 0.25) is 0 Å². The Kier molecular flexibility index (Phi) is 4.47. The lowest BCUT2D eigenvalue weighted by Gasteiger charge is -2.39. The molecule has 104 valence electrons. The monoisotopic (exact) mass is 325 g/mol. The second kappa shape index (κ2) is 5.92. The molecule has 2 N–H and O–H groups in total. The molecular formula is C14H20BrN3O. The quantitative estimate of drug-likeness (QED) is 0.928. The van der Waals surface area contributed by atoms with E-state index in [4.69, 9.17) is 5.73 Å². The van der Waals surface area contributed by atoms with Gasteiger partial charge in [0, 0.05) is 30.3 Å². The van der Waals surface area contributed by atoms with Gasteiger partial charge in [0.1, 0.15) is 0 Å². The summed E-state index contributed by atoms with van der Waals surface area (Å²) >= 11 is 3.45. The van der Waals surface area contributed by atoms with E-state index < -0.39 is 0 Å². The lowest BCUT2D eigenvalue weighted by atomic mass is 10.0. The molecule has 1 heterocycles. The number of carbonyl (C=O) groups excluding carboxylic acids is 1. The van der Waals surface area contributed by atoms with Crippen LogP contribution in [0.2, 0.25) is 0 Å². The summed E-state index contributed by atoms with van der Waals surface area (Å²) in [5.41, 5.74) is 7.73. The zero-order valence-electron chi connectivity index (χ0n) is 11.4. The smallest absolute Gasteiger partial charge is 0.324 e. The SMILES string of the molecule is Cc1cc(Br)ccc1N1CC(CCN)CN(C)C1=O. The summed E-state index contributed by atoms with van der Waals surface area (Å²) in [5, 5.41) is 0. The fourth-order valence-corrected chi connectivity index (χ4v) is 3.08. The van der Waals surface area contributed by atoms with Crippen molar-refractivity contribution in [2.24, 2.45) is 11.7 Å². The molecule has 1 fully saturated rings. The number of anilines is 1. The molecule has 2 rings (SSSR count). The first-order chi connectivity index (χ1) is 9.02. The van der Waals surface area contributed by atoms with E-state index in [9.17, 15) is 4.79 Å². The van der Waals surface area contributed by atoms with Crippen LogP contribution in [-0.2, 0) is 0 Å². The highest BCUT2D eigenvalue weighted by atomic mass is 79.9. The third kappa shape index (κ3) is 3.09. The molecule has 4 nitrogen and oxygen atoms in total. The van der Waals surface area contributed by atoms with Gasteiger partial charge in [-0.05, 0) is 49.6 Å². The fourth-order valence-electron chi connectivity index (χ4n) is 2.61. The first-order valence-electron chi connectivity index (χ1n) is 6.51. The molecule has 0 aromatic heterocycles. The Hall–Kier alpha value is -1.07. The highest BCUT2D eigenvalue weighted by Crippen LogP contribution is 2.28. The number of nitrogens with zero attached hydrogens (tertiary/aromatic N) is 2. The average Bonchev–Trinajstić information content (AvgIpc) is 2.34. The number of hydrogen-bond acceptors (Lipinski definition) is 2. The molecule has 1 aromatic rings. The Labute approximate surface area is 122 Å². The number of amides is 2. The summed E-state index contributed by atoms with van der Waals surface area (Å²) in [6.07, 6.45) is 0.948. The number of urea groups is 1. The first-order valence-corrected chi connectivity index (χ1v) is 7.31. The molecule has 19 heavy (non-hydrogen) atoms. The van der Waals surface area contributed by atoms with Gasteiger partial charge < -0.3 is 10.6 Å². The number of carbonyl (C=O) groups is 1. The van der Waals surface area contributed by atoms with Crippen LogP contribution in [0, 0.1) is 12.8 Å². The van der Waals surface area contributed by atoms with Crippen LogP contribution < -0.4 is 10.6 Å². The van der Waals surface area contributed by atoms with Gasteiger partial charge in [-0.2, -0.15) is 0 Å². The minimum absolute atomic E-state index is 0.0682. The summed E-state index contributed by atoms with van der Waals surface area (Å²) in [6, 6.07) is 6.08. The highest BCUT2D eigenvalue weighted by molar-refractivity contribution is 9.10. The number of benzene rings is 1. The van der Waals surface area contributed by atoms with Crippen molar-refractivity contribution >= 4 is 27.6 Å². The maximum Gasteiger partial charge on any atom is 0.324 e. The van der Waals surface area contributed by atoms with E-state index in [2.05, 4.69) is 15.9 Å². The van der Waals surface area contributed by atoms with Crippen LogP contribution in [0.5, 0.6) is 0 Å². The Morgan fingerprint density at radius 2 is 2.16 bits per heavy atom. The normalized spacial score (nSPS) is 20.0. The van der Waals surface area contributed by atoms with Gasteiger partial charge in [0.05, 0.1) is 0 Å². The van der Waals surface area contributed by atoms with E-state index in [-0.39, 0.29) is 6.03 Å². The molecule has 1 saturated heterocycles. The molecule has 0 radical (unpaired) electrons. The zero-order valence-corrected chi connectivity index (χ0v) is 13.0. The van der Waals surface area contributed by atoms with Crippen LogP contribution in [-0.4, -0.2) is 37.6 Å². The van der Waals surface area contributed by atoms with Crippen molar-refractivity contribution in [3.8, 4) is 0 Å². The second-order valence-electron chi connectivity index (χ2n) is 5.15. The van der Waals surface area contributed by atoms with Crippen molar-refractivity contribution in [2.45, 2.75) is 13.3 Å². The zero-order chi connectivity index (χ0) is 14.0. The molecule has 5 heteroatoms. The molecular weight excluding hydrogens is 306 g/mol. The molecule has 2 amide bonds. The Morgan fingerprint density at radius 1 is 1.42 bits per heavy atom. The van der Waals surface area contributed by atoms with Gasteiger partial charge in [-0.25, -0.2) is 4.79 Å². The predicted octanol–water partition coefficient (Wildman–Crippen LogP) is 2.59. The maximum absolute atomic E-state index is 12.3. The molecule has 0 aliphatic carbocycles. The van der Waals surface area contributed by atoms with Crippen molar-refractivity contribution in [2.75, 3.05) is 31.6 Å². The van der Waals surface area contributed by atoms with Crippen LogP contribution in [0.25, 0.3) is 0 Å². The second-order valence-corrected chi connectivity index (χ2v) is 6.06. The molecule has 1 unspecified atom stereocenters. The molecule has 1 aliphatic rings. The summed E-state index contributed by atoms with van der Waals surface area (Å²) in [4.78, 5) is 16.0. The van der Waals surface area contributed by atoms with Crippen LogP contribution in [0.1, 0.15) is 12.0 Å². The number of nitrogens with two attached hydrogens (primary N) is 1. The van der Waals surface area contributed by atoms with Gasteiger partial charge >= 0.3 is 6.03 Å². The molecule has 1 aliphatic heterocycles. The summed E-state index contributed by atoms with van der Waals surface area (Å²) < 4.78 is 1.03. The summed E-state index contributed by atoms with van der Waals surface area (Å²) in [6.45, 7) is 4.24. The van der Waals surface area contributed by atoms with Crippen molar-refractivity contribution < 1.29 is 4.79 Å². The average molecular weight is 326 g/mol. The van der Waals surface area contributed by atoms with Gasteiger partial charge in [-0.1, -0.05) is 15.9 Å². The van der Waals surface area contributed by atoms with Crippen molar-refractivity contribution in [1.29, 1.82) is 0 Å². The number of aryl methyl sites for hydroxylation is 1. The van der Waals surface area contributed by atoms with Gasteiger partial charge in [0.25, 0.3) is 0 Å². The minimum Gasteiger partial charge on any atom is -0.330 e. The molecule has 0 spiro atoms. The number of hydrogen-bond donors (Lipinski definition) is 1. The number of rotatable bonds is 3. The first kappa shape index (κ1) is 14.3. The van der Waals surface area contributed by atoms with E-state index in [1.165, 1.54) is 0 Å². The lowest BCUT2D eigenvalue weighted by molar-refractivity contribution is 0.191. The molecule has 0 saturated carbocycles. The summed E-state index contributed by atoms with van der Waals surface area (Å²) in [7, 11) is 1.85. The van der Waals surface area contributed by atoms with Crippen molar-refractivity contribution in [3.63, 3.8) is 0 Å². The topological polar surface area (TPSA) is 49.6 Å². The summed E-state index contributed by atoms with van der Waals surface area (Å²) in [5.74, 6) is 0.441. The van der Waals surface area contributed by atoms with E-state index in [1.807, 2.05) is 37.1 Å². The van der Waals surface area contributed by atoms with Crippen LogP contribution in [0.15, 0.2) is 22.7 Å². The maximum atomic E-state index is 12.3. The Morgan fingerprint density at radius 3 is 2.79 bits per heavy atom. The third-order valence-electron chi connectivity index (χ3n) is 3.55. The minimum atomic E-state index is 0.0682. The number of halogens is 1. The standard InChI is InChI=1S/C14H20BrN3O/c1-10-7-12(15)3-4-13(10)18-9-11(5-6-16)8-17(2)14(18)19/h3-4,7,11H,5-6,8-9,16H2,1-2H3. The van der Waals surface area contributed by atoms with Gasteiger partial charge in [-0.3, -0.25) is 4.90 Å². The largest absolute Gasteiger partial charge is 0.330 e. The van der Waals surface area contributed by atoms with E-state index >= 15 is 0 Å². The van der Waals surface area contributed by atoms with Crippen molar-refractivity contribution in [1.82, 2.24) is 4.90 Å². The van der Waals surface area contributed by atoms with Crippen molar-refractivity contribution in [3.05, 3.63) is 28.2 Å². The predicted molar refractivity (Wildman–Crippen MR) is 81.4 cm³/mol. The lowest BCUT2D eigenvalue weighted by Crippen LogP contribution is -2.52. The van der Waals surface area contributed by atoms with E-state index in [0.29, 0.717) is 12.5 Å². The van der Waals surface area contributed by atoms with Crippen LogP contribution in [0.3, 0.4) is 0 Å². The fraction of sp³-hybridized carbons (Fsp3) is 0.500. The van der Waals surface area contributed by atoms with E-state index in [1.54, 1.807) is 4.90 Å². The van der Waals surface area contributed by atoms with Crippen LogP contribution in [0.4, 0.5) is 10.5 Å². The molecule has 1 atom stereocenters. The van der Waals surface area contributed by atoms with Gasteiger partial charge in [-0.15, -0.1) is 0 Å². The third-order valence-corrected chi connectivity index (χ3v) is 4.05. The van der Waals surface area contributed by atoms with Gasteiger partial charge in [0.15, 0.2) is 0 Å². The Bertz CT molecular complexity index is 478.